The lowest BCUT2D eigenvalue weighted by Gasteiger charge is -2.36. The first-order valence-electron chi connectivity index (χ1n) is 7.99. The molecule has 1 aliphatic rings. The van der Waals surface area contributed by atoms with E-state index in [9.17, 15) is 4.39 Å². The maximum atomic E-state index is 13.6. The first kappa shape index (κ1) is 17.7. The van der Waals surface area contributed by atoms with Gasteiger partial charge in [0.1, 0.15) is 5.82 Å². The Labute approximate surface area is 151 Å². The zero-order chi connectivity index (χ0) is 16.4. The topological polar surface area (TPSA) is 54.4 Å². The van der Waals surface area contributed by atoms with Crippen LogP contribution in [-0.4, -0.2) is 29.7 Å². The number of nitrogens with one attached hydrogen (secondary N) is 1. The van der Waals surface area contributed by atoms with Crippen LogP contribution in [0, 0.1) is 5.82 Å². The second kappa shape index (κ2) is 7.82. The number of hydrogen-bond acceptors (Lipinski definition) is 5. The molecule has 1 unspecified atom stereocenters. The fourth-order valence-electron chi connectivity index (χ4n) is 3.11. The molecule has 7 heteroatoms. The normalized spacial score (nSPS) is 18.0. The maximum Gasteiger partial charge on any atom is 0.202 e. The average molecular weight is 364 g/mol. The van der Waals surface area contributed by atoms with Crippen LogP contribution >= 0.6 is 12.4 Å². The summed E-state index contributed by atoms with van der Waals surface area (Å²) in [6, 6.07) is 12.4. The van der Waals surface area contributed by atoms with E-state index in [0.717, 1.165) is 30.9 Å². The third-order valence-corrected chi connectivity index (χ3v) is 4.28. The zero-order valence-corrected chi connectivity index (χ0v) is 14.3. The fraction of sp³-hybridized carbons (Fsp3) is 0.278. The molecule has 1 saturated heterocycles. The summed E-state index contributed by atoms with van der Waals surface area (Å²) in [5, 5.41) is 7.51. The number of benzene rings is 1. The minimum atomic E-state index is -0.209. The molecule has 1 aliphatic heterocycles. The number of furan rings is 1. The Morgan fingerprint density at radius 1 is 1.20 bits per heavy atom. The molecule has 132 valence electrons. The van der Waals surface area contributed by atoms with Gasteiger partial charge in [-0.05, 0) is 29.8 Å². The summed E-state index contributed by atoms with van der Waals surface area (Å²) in [6.45, 7) is 3.19. The van der Waals surface area contributed by atoms with Crippen molar-refractivity contribution in [3.05, 3.63) is 65.8 Å². The summed E-state index contributed by atoms with van der Waals surface area (Å²) in [7, 11) is 0. The van der Waals surface area contributed by atoms with Crippen LogP contribution in [0.4, 0.5) is 4.39 Å². The van der Waals surface area contributed by atoms with E-state index in [1.54, 1.807) is 18.4 Å². The molecule has 3 heterocycles. The molecular formula is C18H19ClFN3O2. The summed E-state index contributed by atoms with van der Waals surface area (Å²) in [5.74, 6) is 1.07. The zero-order valence-electron chi connectivity index (χ0n) is 13.5. The van der Waals surface area contributed by atoms with E-state index in [0.29, 0.717) is 18.1 Å². The predicted octanol–water partition coefficient (Wildman–Crippen LogP) is 3.64. The van der Waals surface area contributed by atoms with E-state index in [4.69, 9.17) is 8.94 Å². The highest BCUT2D eigenvalue weighted by Crippen LogP contribution is 2.26. The van der Waals surface area contributed by atoms with Crippen LogP contribution in [0.2, 0.25) is 0 Å². The van der Waals surface area contributed by atoms with Crippen molar-refractivity contribution in [2.24, 2.45) is 0 Å². The SMILES string of the molecule is Cl.Fc1cccc(C2CNCCN2Cc2cc(-c3ccco3)on2)c1. The molecule has 0 aliphatic carbocycles. The van der Waals surface area contributed by atoms with Gasteiger partial charge in [-0.15, -0.1) is 12.4 Å². The lowest BCUT2D eigenvalue weighted by atomic mass is 10.0. The molecule has 2 aromatic heterocycles. The second-order valence-corrected chi connectivity index (χ2v) is 5.91. The molecule has 1 N–H and O–H groups in total. The molecule has 0 spiro atoms. The maximum absolute atomic E-state index is 13.6. The van der Waals surface area contributed by atoms with Crippen LogP contribution < -0.4 is 5.32 Å². The second-order valence-electron chi connectivity index (χ2n) is 5.91. The monoisotopic (exact) mass is 363 g/mol. The van der Waals surface area contributed by atoms with Gasteiger partial charge in [0.2, 0.25) is 5.76 Å². The van der Waals surface area contributed by atoms with Crippen molar-refractivity contribution >= 4 is 12.4 Å². The highest BCUT2D eigenvalue weighted by Gasteiger charge is 2.25. The molecule has 0 saturated carbocycles. The minimum absolute atomic E-state index is 0. The van der Waals surface area contributed by atoms with E-state index in [1.165, 1.54) is 6.07 Å². The average Bonchev–Trinajstić information content (AvgIpc) is 3.26. The first-order valence-corrected chi connectivity index (χ1v) is 7.99. The Balaban J connectivity index is 0.00000182. The van der Waals surface area contributed by atoms with Gasteiger partial charge in [-0.1, -0.05) is 17.3 Å². The van der Waals surface area contributed by atoms with Gasteiger partial charge >= 0.3 is 0 Å². The summed E-state index contributed by atoms with van der Waals surface area (Å²) in [5.41, 5.74) is 1.81. The molecule has 0 radical (unpaired) electrons. The van der Waals surface area contributed by atoms with E-state index in [2.05, 4.69) is 15.4 Å². The van der Waals surface area contributed by atoms with Gasteiger partial charge in [0.25, 0.3) is 0 Å². The Morgan fingerprint density at radius 2 is 2.12 bits per heavy atom. The Kier molecular flexibility index (Phi) is 5.53. The van der Waals surface area contributed by atoms with Crippen LogP contribution in [0.5, 0.6) is 0 Å². The van der Waals surface area contributed by atoms with Crippen molar-refractivity contribution in [1.29, 1.82) is 0 Å². The van der Waals surface area contributed by atoms with Crippen molar-refractivity contribution in [3.63, 3.8) is 0 Å². The van der Waals surface area contributed by atoms with E-state index >= 15 is 0 Å². The third-order valence-electron chi connectivity index (χ3n) is 4.28. The molecule has 0 amide bonds. The smallest absolute Gasteiger partial charge is 0.202 e. The van der Waals surface area contributed by atoms with Gasteiger partial charge in [-0.2, -0.15) is 0 Å². The van der Waals surface area contributed by atoms with Crippen molar-refractivity contribution < 1.29 is 13.3 Å². The van der Waals surface area contributed by atoms with Crippen LogP contribution in [-0.2, 0) is 6.54 Å². The quantitative estimate of drug-likeness (QED) is 0.767. The van der Waals surface area contributed by atoms with Crippen molar-refractivity contribution in [2.75, 3.05) is 19.6 Å². The van der Waals surface area contributed by atoms with Gasteiger partial charge in [0.05, 0.1) is 12.0 Å². The van der Waals surface area contributed by atoms with Crippen LogP contribution in [0.15, 0.2) is 57.7 Å². The molecule has 4 rings (SSSR count). The number of nitrogens with zero attached hydrogens (tertiary/aromatic N) is 2. The molecular weight excluding hydrogens is 345 g/mol. The minimum Gasteiger partial charge on any atom is -0.461 e. The standard InChI is InChI=1S/C18H18FN3O2.ClH/c19-14-4-1-3-13(9-14)16-11-20-6-7-22(16)12-15-10-18(24-21-15)17-5-2-8-23-17;/h1-5,8-10,16,20H,6-7,11-12H2;1H. The third kappa shape index (κ3) is 3.92. The van der Waals surface area contributed by atoms with Gasteiger partial charge < -0.3 is 14.3 Å². The van der Waals surface area contributed by atoms with Gasteiger partial charge in [0.15, 0.2) is 5.76 Å². The van der Waals surface area contributed by atoms with Crippen molar-refractivity contribution in [1.82, 2.24) is 15.4 Å². The molecule has 1 aromatic carbocycles. The van der Waals surface area contributed by atoms with Crippen LogP contribution in [0.25, 0.3) is 11.5 Å². The largest absolute Gasteiger partial charge is 0.461 e. The number of halogens is 2. The molecule has 25 heavy (non-hydrogen) atoms. The highest BCUT2D eigenvalue weighted by atomic mass is 35.5. The van der Waals surface area contributed by atoms with E-state index in [1.807, 2.05) is 24.3 Å². The van der Waals surface area contributed by atoms with Gasteiger partial charge in [0, 0.05) is 38.3 Å². The molecule has 5 nitrogen and oxygen atoms in total. The predicted molar refractivity (Wildman–Crippen MR) is 93.9 cm³/mol. The Morgan fingerprint density at radius 3 is 2.92 bits per heavy atom. The molecule has 3 aromatic rings. The lowest BCUT2D eigenvalue weighted by Crippen LogP contribution is -2.45. The van der Waals surface area contributed by atoms with Crippen LogP contribution in [0.1, 0.15) is 17.3 Å². The number of rotatable bonds is 4. The highest BCUT2D eigenvalue weighted by molar-refractivity contribution is 5.85. The molecule has 0 bridgehead atoms. The summed E-state index contributed by atoms with van der Waals surface area (Å²) in [6.07, 6.45) is 1.60. The van der Waals surface area contributed by atoms with Crippen LogP contribution in [0.3, 0.4) is 0 Å². The van der Waals surface area contributed by atoms with E-state index < -0.39 is 0 Å². The number of hydrogen-bond donors (Lipinski definition) is 1. The van der Waals surface area contributed by atoms with Gasteiger partial charge in [-0.3, -0.25) is 4.90 Å². The van der Waals surface area contributed by atoms with Crippen molar-refractivity contribution in [2.45, 2.75) is 12.6 Å². The number of piperazine rings is 1. The summed E-state index contributed by atoms with van der Waals surface area (Å²) in [4.78, 5) is 2.29. The Bertz CT molecular complexity index is 806. The van der Waals surface area contributed by atoms with Crippen molar-refractivity contribution in [3.8, 4) is 11.5 Å². The molecule has 1 fully saturated rings. The first-order chi connectivity index (χ1) is 11.8. The summed E-state index contributed by atoms with van der Waals surface area (Å²) >= 11 is 0. The van der Waals surface area contributed by atoms with E-state index in [-0.39, 0.29) is 24.3 Å². The molecule has 1 atom stereocenters. The Hall–Kier alpha value is -2.15. The number of aromatic nitrogens is 1. The lowest BCUT2D eigenvalue weighted by molar-refractivity contribution is 0.149. The summed E-state index contributed by atoms with van der Waals surface area (Å²) < 4.78 is 24.3. The fourth-order valence-corrected chi connectivity index (χ4v) is 3.11. The van der Waals surface area contributed by atoms with Gasteiger partial charge in [-0.25, -0.2) is 4.39 Å².